The normalized spacial score (nSPS) is 11.0. The van der Waals surface area contributed by atoms with Crippen molar-refractivity contribution in [3.8, 4) is 10.7 Å². The first-order valence-electron chi connectivity index (χ1n) is 4.67. The quantitative estimate of drug-likeness (QED) is 0.625. The average molecular weight is 215 g/mol. The summed E-state index contributed by atoms with van der Waals surface area (Å²) in [6, 6.07) is 8.14. The third kappa shape index (κ3) is 1.43. The summed E-state index contributed by atoms with van der Waals surface area (Å²) >= 11 is 1.68. The molecule has 15 heavy (non-hydrogen) atoms. The van der Waals surface area contributed by atoms with E-state index >= 15 is 0 Å². The fraction of sp³-hybridized carbons (Fsp3) is 0.0909. The minimum Gasteiger partial charge on any atom is -0.340 e. The molecule has 0 saturated carbocycles. The summed E-state index contributed by atoms with van der Waals surface area (Å²) in [5, 5.41) is 0.983. The molecule has 0 saturated heterocycles. The van der Waals surface area contributed by atoms with Crippen LogP contribution in [0.15, 0.2) is 36.8 Å². The van der Waals surface area contributed by atoms with Crippen LogP contribution < -0.4 is 0 Å². The van der Waals surface area contributed by atoms with Crippen molar-refractivity contribution in [2.75, 3.05) is 0 Å². The van der Waals surface area contributed by atoms with Crippen molar-refractivity contribution in [1.82, 2.24) is 14.5 Å². The molecular formula is C11H9N3S. The van der Waals surface area contributed by atoms with Gasteiger partial charge < -0.3 is 4.57 Å². The monoisotopic (exact) mass is 215 g/mol. The zero-order valence-electron chi connectivity index (χ0n) is 8.21. The van der Waals surface area contributed by atoms with Crippen LogP contribution in [0.2, 0.25) is 0 Å². The lowest BCUT2D eigenvalue weighted by Gasteiger charge is -1.84. The van der Waals surface area contributed by atoms with Gasteiger partial charge in [0.15, 0.2) is 0 Å². The van der Waals surface area contributed by atoms with E-state index in [1.54, 1.807) is 17.7 Å². The lowest BCUT2D eigenvalue weighted by atomic mass is 10.3. The van der Waals surface area contributed by atoms with Gasteiger partial charge in [0.05, 0.1) is 16.5 Å². The molecule has 0 atom stereocenters. The van der Waals surface area contributed by atoms with Gasteiger partial charge in [0, 0.05) is 13.2 Å². The van der Waals surface area contributed by atoms with Crippen LogP contribution in [0.4, 0.5) is 0 Å². The molecule has 0 unspecified atom stereocenters. The third-order valence-electron chi connectivity index (χ3n) is 2.22. The van der Waals surface area contributed by atoms with Crippen molar-refractivity contribution in [3.63, 3.8) is 0 Å². The van der Waals surface area contributed by atoms with Crippen LogP contribution in [0, 0.1) is 0 Å². The van der Waals surface area contributed by atoms with Crippen LogP contribution in [0.3, 0.4) is 0 Å². The second-order valence-corrected chi connectivity index (χ2v) is 4.44. The van der Waals surface area contributed by atoms with Gasteiger partial charge in [-0.05, 0) is 12.1 Å². The van der Waals surface area contributed by atoms with Gasteiger partial charge in [0.25, 0.3) is 0 Å². The van der Waals surface area contributed by atoms with Crippen LogP contribution in [-0.4, -0.2) is 14.5 Å². The SMILES string of the molecule is Cn1cnc(-c2nc3ccccc3s2)c1. The zero-order valence-corrected chi connectivity index (χ0v) is 9.03. The molecule has 0 fully saturated rings. The predicted molar refractivity (Wildman–Crippen MR) is 61.8 cm³/mol. The standard InChI is InChI=1S/C11H9N3S/c1-14-6-9(12-7-14)11-13-8-4-2-3-5-10(8)15-11/h2-7H,1H3. The van der Waals surface area contributed by atoms with Crippen molar-refractivity contribution in [1.29, 1.82) is 0 Å². The van der Waals surface area contributed by atoms with Crippen LogP contribution in [0.1, 0.15) is 0 Å². The number of aromatic nitrogens is 3. The van der Waals surface area contributed by atoms with E-state index in [9.17, 15) is 0 Å². The average Bonchev–Trinajstić information content (AvgIpc) is 2.82. The van der Waals surface area contributed by atoms with Gasteiger partial charge in [0.2, 0.25) is 0 Å². The number of rotatable bonds is 1. The summed E-state index contributed by atoms with van der Waals surface area (Å²) < 4.78 is 3.14. The van der Waals surface area contributed by atoms with E-state index in [-0.39, 0.29) is 0 Å². The Hall–Kier alpha value is -1.68. The number of thiazole rings is 1. The van der Waals surface area contributed by atoms with Gasteiger partial charge in [-0.3, -0.25) is 0 Å². The number of aryl methyl sites for hydroxylation is 1. The van der Waals surface area contributed by atoms with Gasteiger partial charge in [0.1, 0.15) is 10.7 Å². The molecule has 0 aliphatic heterocycles. The minimum absolute atomic E-state index is 0.943. The zero-order chi connectivity index (χ0) is 10.3. The van der Waals surface area contributed by atoms with Crippen molar-refractivity contribution in [3.05, 3.63) is 36.8 Å². The summed E-state index contributed by atoms with van der Waals surface area (Å²) in [5.41, 5.74) is 1.99. The van der Waals surface area contributed by atoms with Crippen molar-refractivity contribution in [2.24, 2.45) is 7.05 Å². The molecule has 0 amide bonds. The van der Waals surface area contributed by atoms with E-state index in [0.29, 0.717) is 0 Å². The molecule has 3 aromatic rings. The topological polar surface area (TPSA) is 30.7 Å². The molecule has 0 spiro atoms. The highest BCUT2D eigenvalue weighted by atomic mass is 32.1. The van der Waals surface area contributed by atoms with Gasteiger partial charge in [-0.25, -0.2) is 9.97 Å². The lowest BCUT2D eigenvalue weighted by molar-refractivity contribution is 0.913. The molecule has 74 valence electrons. The van der Waals surface area contributed by atoms with Gasteiger partial charge in [-0.2, -0.15) is 0 Å². The summed E-state index contributed by atoms with van der Waals surface area (Å²) in [5.74, 6) is 0. The van der Waals surface area contributed by atoms with E-state index < -0.39 is 0 Å². The summed E-state index contributed by atoms with van der Waals surface area (Å²) in [7, 11) is 1.96. The van der Waals surface area contributed by atoms with E-state index in [2.05, 4.69) is 16.0 Å². The number of imidazole rings is 1. The fourth-order valence-corrected chi connectivity index (χ4v) is 2.43. The summed E-state index contributed by atoms with van der Waals surface area (Å²) in [4.78, 5) is 8.83. The number of hydrogen-bond acceptors (Lipinski definition) is 3. The highest BCUT2D eigenvalue weighted by Gasteiger charge is 2.07. The molecule has 0 N–H and O–H groups in total. The van der Waals surface area contributed by atoms with Crippen LogP contribution in [-0.2, 0) is 7.05 Å². The largest absolute Gasteiger partial charge is 0.340 e. The van der Waals surface area contributed by atoms with Gasteiger partial charge in [-0.1, -0.05) is 12.1 Å². The Labute approximate surface area is 91.0 Å². The molecule has 0 bridgehead atoms. The molecule has 0 aliphatic carbocycles. The summed E-state index contributed by atoms with van der Waals surface area (Å²) in [6.45, 7) is 0. The molecule has 2 heterocycles. The van der Waals surface area contributed by atoms with Gasteiger partial charge >= 0.3 is 0 Å². The van der Waals surface area contributed by atoms with Crippen molar-refractivity contribution >= 4 is 21.6 Å². The first kappa shape index (κ1) is 8.61. The van der Waals surface area contributed by atoms with Gasteiger partial charge in [-0.15, -0.1) is 11.3 Å². The minimum atomic E-state index is 0.943. The highest BCUT2D eigenvalue weighted by Crippen LogP contribution is 2.28. The Bertz CT molecular complexity index is 576. The Morgan fingerprint density at radius 1 is 1.27 bits per heavy atom. The fourth-order valence-electron chi connectivity index (χ4n) is 1.51. The highest BCUT2D eigenvalue weighted by molar-refractivity contribution is 7.21. The molecular weight excluding hydrogens is 206 g/mol. The number of fused-ring (bicyclic) bond motifs is 1. The van der Waals surface area contributed by atoms with E-state index in [1.165, 1.54) is 4.70 Å². The molecule has 3 nitrogen and oxygen atoms in total. The van der Waals surface area contributed by atoms with Crippen molar-refractivity contribution < 1.29 is 0 Å². The van der Waals surface area contributed by atoms with Crippen molar-refractivity contribution in [2.45, 2.75) is 0 Å². The van der Waals surface area contributed by atoms with E-state index in [0.717, 1.165) is 16.2 Å². The van der Waals surface area contributed by atoms with Crippen LogP contribution >= 0.6 is 11.3 Å². The predicted octanol–water partition coefficient (Wildman–Crippen LogP) is 2.70. The number of benzene rings is 1. The second kappa shape index (κ2) is 3.17. The number of nitrogens with zero attached hydrogens (tertiary/aromatic N) is 3. The smallest absolute Gasteiger partial charge is 0.144 e. The molecule has 3 rings (SSSR count). The lowest BCUT2D eigenvalue weighted by Crippen LogP contribution is -1.77. The number of para-hydroxylation sites is 1. The molecule has 0 radical (unpaired) electrons. The Kier molecular flexibility index (Phi) is 1.82. The molecule has 1 aromatic carbocycles. The maximum atomic E-state index is 4.54. The third-order valence-corrected chi connectivity index (χ3v) is 3.28. The van der Waals surface area contributed by atoms with E-state index in [4.69, 9.17) is 0 Å². The maximum Gasteiger partial charge on any atom is 0.144 e. The Balaban J connectivity index is 2.19. The molecule has 2 aromatic heterocycles. The first-order valence-corrected chi connectivity index (χ1v) is 5.48. The second-order valence-electron chi connectivity index (χ2n) is 3.41. The van der Waals surface area contributed by atoms with Crippen LogP contribution in [0.25, 0.3) is 20.9 Å². The maximum absolute atomic E-state index is 4.54. The number of hydrogen-bond donors (Lipinski definition) is 0. The summed E-state index contributed by atoms with van der Waals surface area (Å²) in [6.07, 6.45) is 3.78. The molecule has 4 heteroatoms. The molecule has 0 aliphatic rings. The first-order chi connectivity index (χ1) is 7.33. The van der Waals surface area contributed by atoms with Crippen LogP contribution in [0.5, 0.6) is 0 Å². The Morgan fingerprint density at radius 3 is 2.87 bits per heavy atom. The Morgan fingerprint density at radius 2 is 2.13 bits per heavy atom. The van der Waals surface area contributed by atoms with E-state index in [1.807, 2.05) is 36.0 Å².